The van der Waals surface area contributed by atoms with Crippen LogP contribution < -0.4 is 20.3 Å². The van der Waals surface area contributed by atoms with Crippen molar-refractivity contribution in [1.82, 2.24) is 10.9 Å². The molecule has 0 bridgehead atoms. The highest BCUT2D eigenvalue weighted by Crippen LogP contribution is 2.22. The first-order valence-electron chi connectivity index (χ1n) is 7.80. The summed E-state index contributed by atoms with van der Waals surface area (Å²) in [5.41, 5.74) is 4.96. The van der Waals surface area contributed by atoms with Gasteiger partial charge in [-0.25, -0.2) is 0 Å². The SMILES string of the molecule is CCCOc1ccccc1C(=O)NNC(=O)COc1ccccc1Cl. The highest BCUT2D eigenvalue weighted by Gasteiger charge is 2.13. The summed E-state index contributed by atoms with van der Waals surface area (Å²) in [7, 11) is 0. The Kier molecular flexibility index (Phi) is 7.10. The van der Waals surface area contributed by atoms with Crippen molar-refractivity contribution in [2.75, 3.05) is 13.2 Å². The molecule has 0 atom stereocenters. The highest BCUT2D eigenvalue weighted by molar-refractivity contribution is 6.32. The van der Waals surface area contributed by atoms with Gasteiger partial charge in [-0.1, -0.05) is 42.8 Å². The third kappa shape index (κ3) is 5.69. The summed E-state index contributed by atoms with van der Waals surface area (Å²) in [4.78, 5) is 24.0. The van der Waals surface area contributed by atoms with Crippen molar-refractivity contribution in [2.45, 2.75) is 13.3 Å². The maximum absolute atomic E-state index is 12.2. The van der Waals surface area contributed by atoms with Crippen LogP contribution in [0.5, 0.6) is 11.5 Å². The Hall–Kier alpha value is -2.73. The zero-order chi connectivity index (χ0) is 18.1. The monoisotopic (exact) mass is 362 g/mol. The molecule has 2 amide bonds. The number of hydrogen-bond acceptors (Lipinski definition) is 4. The van der Waals surface area contributed by atoms with Crippen LogP contribution in [0.3, 0.4) is 0 Å². The molecule has 7 heteroatoms. The number of carbonyl (C=O) groups is 2. The smallest absolute Gasteiger partial charge is 0.276 e. The van der Waals surface area contributed by atoms with Gasteiger partial charge in [0.15, 0.2) is 6.61 Å². The van der Waals surface area contributed by atoms with Gasteiger partial charge >= 0.3 is 0 Å². The second-order valence-corrected chi connectivity index (χ2v) is 5.47. The van der Waals surface area contributed by atoms with Gasteiger partial charge < -0.3 is 9.47 Å². The predicted octanol–water partition coefficient (Wildman–Crippen LogP) is 2.97. The van der Waals surface area contributed by atoms with E-state index < -0.39 is 11.8 Å². The van der Waals surface area contributed by atoms with Crippen LogP contribution in [0, 0.1) is 0 Å². The van der Waals surface area contributed by atoms with E-state index in [0.29, 0.717) is 28.7 Å². The van der Waals surface area contributed by atoms with E-state index in [1.54, 1.807) is 48.5 Å². The van der Waals surface area contributed by atoms with Crippen LogP contribution in [0.25, 0.3) is 0 Å². The lowest BCUT2D eigenvalue weighted by molar-refractivity contribution is -0.123. The number of benzene rings is 2. The van der Waals surface area contributed by atoms with Crippen LogP contribution in [-0.2, 0) is 4.79 Å². The van der Waals surface area contributed by atoms with Gasteiger partial charge in [0.1, 0.15) is 11.5 Å². The minimum Gasteiger partial charge on any atom is -0.493 e. The second kappa shape index (κ2) is 9.54. The molecule has 0 saturated carbocycles. The average molecular weight is 363 g/mol. The fraction of sp³-hybridized carbons (Fsp3) is 0.222. The van der Waals surface area contributed by atoms with Gasteiger partial charge in [0.05, 0.1) is 17.2 Å². The molecule has 25 heavy (non-hydrogen) atoms. The van der Waals surface area contributed by atoms with Crippen molar-refractivity contribution in [3.8, 4) is 11.5 Å². The molecular weight excluding hydrogens is 344 g/mol. The lowest BCUT2D eigenvalue weighted by Gasteiger charge is -2.12. The molecule has 0 fully saturated rings. The molecule has 2 rings (SSSR count). The predicted molar refractivity (Wildman–Crippen MR) is 94.8 cm³/mol. The van der Waals surface area contributed by atoms with E-state index in [1.807, 2.05) is 6.92 Å². The van der Waals surface area contributed by atoms with Crippen LogP contribution >= 0.6 is 11.6 Å². The molecule has 0 aliphatic heterocycles. The maximum Gasteiger partial charge on any atom is 0.276 e. The molecule has 2 N–H and O–H groups in total. The molecule has 0 heterocycles. The van der Waals surface area contributed by atoms with Gasteiger partial charge in [-0.15, -0.1) is 0 Å². The molecule has 0 spiro atoms. The number of amides is 2. The third-order valence-electron chi connectivity index (χ3n) is 3.10. The summed E-state index contributed by atoms with van der Waals surface area (Å²) in [5, 5.41) is 0.404. The first-order chi connectivity index (χ1) is 12.1. The maximum atomic E-state index is 12.2. The zero-order valence-electron chi connectivity index (χ0n) is 13.8. The molecule has 2 aromatic carbocycles. The van der Waals surface area contributed by atoms with Gasteiger partial charge in [-0.3, -0.25) is 20.4 Å². The molecule has 0 aliphatic carbocycles. The van der Waals surface area contributed by atoms with Crippen molar-refractivity contribution < 1.29 is 19.1 Å². The Morgan fingerprint density at radius 3 is 2.36 bits per heavy atom. The molecule has 6 nitrogen and oxygen atoms in total. The largest absolute Gasteiger partial charge is 0.493 e. The van der Waals surface area contributed by atoms with Crippen molar-refractivity contribution in [3.05, 3.63) is 59.1 Å². The number of hydrazine groups is 1. The number of rotatable bonds is 7. The molecule has 0 aliphatic rings. The topological polar surface area (TPSA) is 76.7 Å². The van der Waals surface area contributed by atoms with E-state index in [4.69, 9.17) is 21.1 Å². The number of halogens is 1. The van der Waals surface area contributed by atoms with E-state index in [0.717, 1.165) is 6.42 Å². The Balaban J connectivity index is 1.85. The zero-order valence-corrected chi connectivity index (χ0v) is 14.5. The number of ether oxygens (including phenoxy) is 2. The van der Waals surface area contributed by atoms with Crippen molar-refractivity contribution in [3.63, 3.8) is 0 Å². The molecular formula is C18H19ClN2O4. The first-order valence-corrected chi connectivity index (χ1v) is 8.18. The van der Waals surface area contributed by atoms with Crippen LogP contribution in [0.4, 0.5) is 0 Å². The van der Waals surface area contributed by atoms with Crippen molar-refractivity contribution >= 4 is 23.4 Å². The number of para-hydroxylation sites is 2. The Morgan fingerprint density at radius 2 is 1.64 bits per heavy atom. The van der Waals surface area contributed by atoms with Crippen LogP contribution in [0.15, 0.2) is 48.5 Å². The Morgan fingerprint density at radius 1 is 0.960 bits per heavy atom. The number of nitrogens with one attached hydrogen (secondary N) is 2. The summed E-state index contributed by atoms with van der Waals surface area (Å²) < 4.78 is 10.8. The fourth-order valence-electron chi connectivity index (χ4n) is 1.93. The van der Waals surface area contributed by atoms with Gasteiger partial charge in [-0.05, 0) is 30.7 Å². The molecule has 2 aromatic rings. The standard InChI is InChI=1S/C18H19ClN2O4/c1-2-11-24-15-9-5-3-7-13(15)18(23)21-20-17(22)12-25-16-10-6-4-8-14(16)19/h3-10H,2,11-12H2,1H3,(H,20,22)(H,21,23). The lowest BCUT2D eigenvalue weighted by atomic mass is 10.2. The minimum absolute atomic E-state index is 0.280. The molecule has 132 valence electrons. The summed E-state index contributed by atoms with van der Waals surface area (Å²) in [6, 6.07) is 13.6. The van der Waals surface area contributed by atoms with E-state index >= 15 is 0 Å². The number of hydrogen-bond donors (Lipinski definition) is 2. The first kappa shape index (κ1) is 18.6. The Labute approximate surface area is 151 Å². The van der Waals surface area contributed by atoms with Crippen molar-refractivity contribution in [1.29, 1.82) is 0 Å². The van der Waals surface area contributed by atoms with Crippen LogP contribution in [0.1, 0.15) is 23.7 Å². The van der Waals surface area contributed by atoms with E-state index in [-0.39, 0.29) is 6.61 Å². The minimum atomic E-state index is -0.514. The van der Waals surface area contributed by atoms with E-state index in [9.17, 15) is 9.59 Å². The van der Waals surface area contributed by atoms with Gasteiger partial charge in [-0.2, -0.15) is 0 Å². The van der Waals surface area contributed by atoms with Gasteiger partial charge in [0, 0.05) is 0 Å². The summed E-state index contributed by atoms with van der Waals surface area (Å²) in [6.07, 6.45) is 0.825. The quantitative estimate of drug-likeness (QED) is 0.742. The van der Waals surface area contributed by atoms with Gasteiger partial charge in [0.2, 0.25) is 0 Å². The molecule has 0 radical (unpaired) electrons. The molecule has 0 saturated heterocycles. The Bertz CT molecular complexity index is 737. The third-order valence-corrected chi connectivity index (χ3v) is 3.42. The van der Waals surface area contributed by atoms with E-state index in [2.05, 4.69) is 10.9 Å². The lowest BCUT2D eigenvalue weighted by Crippen LogP contribution is -2.43. The van der Waals surface area contributed by atoms with Gasteiger partial charge in [0.25, 0.3) is 11.8 Å². The summed E-state index contributed by atoms with van der Waals surface area (Å²) >= 11 is 5.93. The van der Waals surface area contributed by atoms with Crippen LogP contribution in [0.2, 0.25) is 5.02 Å². The summed E-state index contributed by atoms with van der Waals surface area (Å²) in [5.74, 6) is -0.134. The molecule has 0 unspecified atom stereocenters. The molecule has 0 aromatic heterocycles. The van der Waals surface area contributed by atoms with Crippen molar-refractivity contribution in [2.24, 2.45) is 0 Å². The van der Waals surface area contributed by atoms with Crippen LogP contribution in [-0.4, -0.2) is 25.0 Å². The average Bonchev–Trinajstić information content (AvgIpc) is 2.64. The summed E-state index contributed by atoms with van der Waals surface area (Å²) in [6.45, 7) is 2.20. The van der Waals surface area contributed by atoms with E-state index in [1.165, 1.54) is 0 Å². The number of carbonyl (C=O) groups excluding carboxylic acids is 2. The fourth-order valence-corrected chi connectivity index (χ4v) is 2.12. The normalized spacial score (nSPS) is 10.0. The second-order valence-electron chi connectivity index (χ2n) is 5.07. The highest BCUT2D eigenvalue weighted by atomic mass is 35.5.